The largest absolute Gasteiger partial charge is 0.350 e. The van der Waals surface area contributed by atoms with E-state index in [4.69, 9.17) is 0 Å². The number of aryl methyl sites for hydroxylation is 1. The summed E-state index contributed by atoms with van der Waals surface area (Å²) in [6, 6.07) is 8.67. The van der Waals surface area contributed by atoms with Crippen LogP contribution < -0.4 is 0 Å². The summed E-state index contributed by atoms with van der Waals surface area (Å²) in [5.74, 6) is 0. The average molecular weight is 240 g/mol. The zero-order valence-corrected chi connectivity index (χ0v) is 11.2. The number of hydrogen-bond donors (Lipinski definition) is 0. The monoisotopic (exact) mass is 240 g/mol. The Bertz CT molecular complexity index is 592. The highest BCUT2D eigenvalue weighted by atomic mass is 15.1. The van der Waals surface area contributed by atoms with Crippen LogP contribution in [-0.2, 0) is 7.05 Å². The van der Waals surface area contributed by atoms with E-state index in [0.29, 0.717) is 0 Å². The van der Waals surface area contributed by atoms with Crippen molar-refractivity contribution in [3.63, 3.8) is 0 Å². The smallest absolute Gasteiger partial charge is 0.0484 e. The van der Waals surface area contributed by atoms with Gasteiger partial charge in [-0.2, -0.15) is 0 Å². The van der Waals surface area contributed by atoms with Gasteiger partial charge in [0.15, 0.2) is 0 Å². The maximum absolute atomic E-state index is 2.48. The van der Waals surface area contributed by atoms with Crippen LogP contribution in [0.3, 0.4) is 0 Å². The minimum absolute atomic E-state index is 1.09. The molecule has 0 aliphatic carbocycles. The topological polar surface area (TPSA) is 8.17 Å². The molecule has 3 rings (SSSR count). The molecule has 0 atom stereocenters. The summed E-state index contributed by atoms with van der Waals surface area (Å²) >= 11 is 0. The SMILES string of the molecule is CCN1CC=C(c2cn(C)c3ccccc23)CC1. The van der Waals surface area contributed by atoms with Crippen molar-refractivity contribution in [1.82, 2.24) is 9.47 Å². The molecule has 2 heteroatoms. The van der Waals surface area contributed by atoms with Gasteiger partial charge in [-0.25, -0.2) is 0 Å². The molecule has 0 radical (unpaired) electrons. The van der Waals surface area contributed by atoms with Crippen LogP contribution in [0.15, 0.2) is 36.5 Å². The number of likely N-dealkylation sites (N-methyl/N-ethyl adjacent to an activating group) is 1. The Morgan fingerprint density at radius 3 is 2.78 bits per heavy atom. The van der Waals surface area contributed by atoms with E-state index in [1.807, 2.05) is 0 Å². The number of benzene rings is 1. The molecule has 1 aliphatic heterocycles. The van der Waals surface area contributed by atoms with Crippen molar-refractivity contribution in [3.05, 3.63) is 42.1 Å². The van der Waals surface area contributed by atoms with E-state index in [1.54, 1.807) is 0 Å². The second kappa shape index (κ2) is 4.62. The van der Waals surface area contributed by atoms with Crippen LogP contribution in [0.1, 0.15) is 18.9 Å². The minimum Gasteiger partial charge on any atom is -0.350 e. The van der Waals surface area contributed by atoms with E-state index in [1.165, 1.54) is 35.0 Å². The van der Waals surface area contributed by atoms with Gasteiger partial charge in [-0.15, -0.1) is 0 Å². The van der Waals surface area contributed by atoms with Gasteiger partial charge in [-0.1, -0.05) is 31.2 Å². The van der Waals surface area contributed by atoms with Crippen molar-refractivity contribution in [2.45, 2.75) is 13.3 Å². The lowest BCUT2D eigenvalue weighted by Crippen LogP contribution is -2.27. The third-order valence-corrected chi connectivity index (χ3v) is 3.98. The molecule has 1 aromatic carbocycles. The Morgan fingerprint density at radius 2 is 2.06 bits per heavy atom. The molecule has 94 valence electrons. The molecule has 2 heterocycles. The first-order valence-corrected chi connectivity index (χ1v) is 6.75. The predicted octanol–water partition coefficient (Wildman–Crippen LogP) is 3.29. The van der Waals surface area contributed by atoms with Crippen molar-refractivity contribution < 1.29 is 0 Å². The Balaban J connectivity index is 2.03. The maximum atomic E-state index is 2.48. The van der Waals surface area contributed by atoms with Gasteiger partial charge < -0.3 is 4.57 Å². The normalized spacial score (nSPS) is 17.1. The third-order valence-electron chi connectivity index (χ3n) is 3.98. The quantitative estimate of drug-likeness (QED) is 0.782. The number of nitrogens with zero attached hydrogens (tertiary/aromatic N) is 2. The lowest BCUT2D eigenvalue weighted by Gasteiger charge is -2.24. The molecule has 18 heavy (non-hydrogen) atoms. The Kier molecular flexibility index (Phi) is 2.96. The second-order valence-corrected chi connectivity index (χ2v) is 5.04. The van der Waals surface area contributed by atoms with E-state index >= 15 is 0 Å². The van der Waals surface area contributed by atoms with Gasteiger partial charge in [-0.05, 0) is 24.6 Å². The average Bonchev–Trinajstić information content (AvgIpc) is 2.77. The molecular weight excluding hydrogens is 220 g/mol. The van der Waals surface area contributed by atoms with Gasteiger partial charge in [0.05, 0.1) is 0 Å². The van der Waals surface area contributed by atoms with Crippen molar-refractivity contribution in [2.75, 3.05) is 19.6 Å². The van der Waals surface area contributed by atoms with Crippen molar-refractivity contribution in [2.24, 2.45) is 7.05 Å². The number of aromatic nitrogens is 1. The van der Waals surface area contributed by atoms with Crippen LogP contribution >= 0.6 is 0 Å². The van der Waals surface area contributed by atoms with E-state index in [2.05, 4.69) is 60.0 Å². The third kappa shape index (κ3) is 1.87. The highest BCUT2D eigenvalue weighted by Crippen LogP contribution is 2.30. The molecule has 0 fully saturated rings. The van der Waals surface area contributed by atoms with Gasteiger partial charge in [0.2, 0.25) is 0 Å². The Morgan fingerprint density at radius 1 is 1.22 bits per heavy atom. The summed E-state index contributed by atoms with van der Waals surface area (Å²) in [7, 11) is 2.13. The molecule has 0 bridgehead atoms. The molecule has 2 aromatic rings. The van der Waals surface area contributed by atoms with Crippen LogP contribution in [-0.4, -0.2) is 29.1 Å². The van der Waals surface area contributed by atoms with Gasteiger partial charge in [0.1, 0.15) is 0 Å². The maximum Gasteiger partial charge on any atom is 0.0484 e. The minimum atomic E-state index is 1.09. The van der Waals surface area contributed by atoms with Crippen LogP contribution in [0.5, 0.6) is 0 Å². The van der Waals surface area contributed by atoms with Crippen molar-refractivity contribution in [3.8, 4) is 0 Å². The van der Waals surface area contributed by atoms with Crippen LogP contribution in [0, 0.1) is 0 Å². The summed E-state index contributed by atoms with van der Waals surface area (Å²) in [5, 5.41) is 1.39. The molecular formula is C16H20N2. The first-order valence-electron chi connectivity index (χ1n) is 6.75. The van der Waals surface area contributed by atoms with Gasteiger partial charge in [0.25, 0.3) is 0 Å². The summed E-state index contributed by atoms with van der Waals surface area (Å²) < 4.78 is 2.23. The fourth-order valence-electron chi connectivity index (χ4n) is 2.84. The fourth-order valence-corrected chi connectivity index (χ4v) is 2.84. The first kappa shape index (κ1) is 11.5. The van der Waals surface area contributed by atoms with Crippen LogP contribution in [0.25, 0.3) is 16.5 Å². The van der Waals surface area contributed by atoms with E-state index in [9.17, 15) is 0 Å². The van der Waals surface area contributed by atoms with E-state index < -0.39 is 0 Å². The Labute approximate surface area is 109 Å². The lowest BCUT2D eigenvalue weighted by atomic mass is 9.99. The van der Waals surface area contributed by atoms with Crippen LogP contribution in [0.2, 0.25) is 0 Å². The highest BCUT2D eigenvalue weighted by molar-refractivity contribution is 5.93. The summed E-state index contributed by atoms with van der Waals surface area (Å²) in [4.78, 5) is 2.48. The van der Waals surface area contributed by atoms with Gasteiger partial charge in [-0.3, -0.25) is 4.90 Å². The van der Waals surface area contributed by atoms with Crippen LogP contribution in [0.4, 0.5) is 0 Å². The number of fused-ring (bicyclic) bond motifs is 1. The Hall–Kier alpha value is -1.54. The second-order valence-electron chi connectivity index (χ2n) is 5.04. The summed E-state index contributed by atoms with van der Waals surface area (Å²) in [5.41, 5.74) is 4.26. The van der Waals surface area contributed by atoms with E-state index in [0.717, 1.165) is 13.1 Å². The molecule has 1 aromatic heterocycles. The zero-order valence-electron chi connectivity index (χ0n) is 11.2. The number of hydrogen-bond acceptors (Lipinski definition) is 1. The molecule has 1 aliphatic rings. The molecule has 0 saturated carbocycles. The first-order chi connectivity index (χ1) is 8.79. The standard InChI is InChI=1S/C16H20N2/c1-3-18-10-8-13(9-11-18)15-12-17(2)16-7-5-4-6-14(15)16/h4-8,12H,3,9-11H2,1-2H3. The van der Waals surface area contributed by atoms with Crippen molar-refractivity contribution in [1.29, 1.82) is 0 Å². The van der Waals surface area contributed by atoms with Gasteiger partial charge in [0, 0.05) is 42.8 Å². The summed E-state index contributed by atoms with van der Waals surface area (Å²) in [6.45, 7) is 5.66. The lowest BCUT2D eigenvalue weighted by molar-refractivity contribution is 0.319. The highest BCUT2D eigenvalue weighted by Gasteiger charge is 2.15. The molecule has 0 unspecified atom stereocenters. The van der Waals surface area contributed by atoms with E-state index in [-0.39, 0.29) is 0 Å². The molecule has 0 amide bonds. The molecule has 0 saturated heterocycles. The summed E-state index contributed by atoms with van der Waals surface area (Å²) in [6.07, 6.45) is 5.84. The molecule has 0 spiro atoms. The van der Waals surface area contributed by atoms with Gasteiger partial charge >= 0.3 is 0 Å². The number of para-hydroxylation sites is 1. The predicted molar refractivity (Wildman–Crippen MR) is 77.6 cm³/mol. The zero-order chi connectivity index (χ0) is 12.5. The fraction of sp³-hybridized carbons (Fsp3) is 0.375. The number of rotatable bonds is 2. The molecule has 2 nitrogen and oxygen atoms in total. The molecule has 0 N–H and O–H groups in total. The van der Waals surface area contributed by atoms with Crippen molar-refractivity contribution >= 4 is 16.5 Å².